The van der Waals surface area contributed by atoms with Crippen molar-refractivity contribution in [2.45, 2.75) is 172 Å². The highest BCUT2D eigenvalue weighted by Gasteiger charge is 2.51. The van der Waals surface area contributed by atoms with E-state index in [4.69, 9.17) is 19.7 Å². The standard InChI is InChI=1S/2C28H39N7OSi.CH4/c2*1-37(2,3)11-10-36-20-33-9-6-25-26(30-19-31-27(25)33)23-15-32-35(16-23)28(7-8-29)17-34(18-28)24-13-21-4-5-22(12-21)14-24;/h2*6,9,15-16,19,21-22,24H,4-5,7,10-14,17-18,20H2,1-3H3;1H4. The number of rotatable bonds is 18. The summed E-state index contributed by atoms with van der Waals surface area (Å²) >= 11 is 0. The van der Waals surface area contributed by atoms with E-state index in [-0.39, 0.29) is 18.5 Å². The number of hydrogen-bond donors (Lipinski definition) is 0. The van der Waals surface area contributed by atoms with Crippen LogP contribution in [0.15, 0.2) is 62.0 Å². The molecule has 2 aliphatic heterocycles. The van der Waals surface area contributed by atoms with E-state index in [1.54, 1.807) is 12.7 Å². The molecule has 16 nitrogen and oxygen atoms in total. The lowest BCUT2D eigenvalue weighted by Gasteiger charge is -2.53. The molecule has 0 N–H and O–H groups in total. The van der Waals surface area contributed by atoms with Crippen LogP contribution in [0.2, 0.25) is 51.4 Å². The summed E-state index contributed by atoms with van der Waals surface area (Å²) in [5.74, 6) is 3.68. The summed E-state index contributed by atoms with van der Waals surface area (Å²) in [6, 6.07) is 12.7. The van der Waals surface area contributed by atoms with Gasteiger partial charge in [-0.05, 0) is 86.4 Å². The minimum atomic E-state index is -1.11. The fourth-order valence-corrected chi connectivity index (χ4v) is 15.1. The quantitative estimate of drug-likeness (QED) is 0.0591. The van der Waals surface area contributed by atoms with Crippen LogP contribution in [0.1, 0.15) is 84.5 Å². The van der Waals surface area contributed by atoms with Crippen LogP contribution in [-0.2, 0) is 34.0 Å². The van der Waals surface area contributed by atoms with Crippen molar-refractivity contribution in [3.63, 3.8) is 0 Å². The highest BCUT2D eigenvalue weighted by atomic mass is 28.3. The van der Waals surface area contributed by atoms with Gasteiger partial charge in [0.05, 0.1) is 48.8 Å². The Bertz CT molecular complexity index is 2770. The minimum absolute atomic E-state index is 0. The van der Waals surface area contributed by atoms with Crippen molar-refractivity contribution < 1.29 is 9.47 Å². The third kappa shape index (κ3) is 11.3. The molecule has 6 aromatic heterocycles. The summed E-state index contributed by atoms with van der Waals surface area (Å²) in [5.41, 5.74) is 4.96. The van der Waals surface area contributed by atoms with Crippen LogP contribution in [0.4, 0.5) is 0 Å². The largest absolute Gasteiger partial charge is 0.361 e. The second kappa shape index (κ2) is 21.7. The predicted molar refractivity (Wildman–Crippen MR) is 300 cm³/mol. The summed E-state index contributed by atoms with van der Waals surface area (Å²) in [7, 11) is -2.23. The molecule has 6 fully saturated rings. The lowest BCUT2D eigenvalue weighted by molar-refractivity contribution is -0.0433. The molecule has 4 atom stereocenters. The van der Waals surface area contributed by atoms with Gasteiger partial charge in [0.2, 0.25) is 0 Å². The van der Waals surface area contributed by atoms with Crippen LogP contribution in [0.3, 0.4) is 0 Å². The van der Waals surface area contributed by atoms with Gasteiger partial charge in [0.1, 0.15) is 48.5 Å². The minimum Gasteiger partial charge on any atom is -0.361 e. The summed E-state index contributed by atoms with van der Waals surface area (Å²) in [4.78, 5) is 23.6. The Morgan fingerprint density at radius 3 is 1.32 bits per heavy atom. The van der Waals surface area contributed by atoms with Crippen LogP contribution >= 0.6 is 0 Å². The van der Waals surface area contributed by atoms with Crippen molar-refractivity contribution in [1.29, 1.82) is 10.5 Å². The maximum Gasteiger partial charge on any atom is 0.145 e. The zero-order chi connectivity index (χ0) is 51.2. The van der Waals surface area contributed by atoms with E-state index in [0.29, 0.717) is 38.4 Å². The van der Waals surface area contributed by atoms with E-state index in [1.807, 2.05) is 43.3 Å². The number of likely N-dealkylation sites (tertiary alicyclic amines) is 2. The number of nitriles is 2. The Hall–Kier alpha value is -5.09. The predicted octanol–water partition coefficient (Wildman–Crippen LogP) is 10.9. The second-order valence-electron chi connectivity index (χ2n) is 25.8. The fourth-order valence-electron chi connectivity index (χ4n) is 13.6. The Balaban J connectivity index is 0.000000169. The molecule has 6 aromatic rings. The summed E-state index contributed by atoms with van der Waals surface area (Å²) in [6.45, 7) is 20.4. The molecule has 6 aliphatic rings. The Morgan fingerprint density at radius 1 is 0.573 bits per heavy atom. The first-order valence-electron chi connectivity index (χ1n) is 27.8. The number of hydrogen-bond acceptors (Lipinski definition) is 12. The van der Waals surface area contributed by atoms with E-state index in [0.717, 1.165) is 120 Å². The van der Waals surface area contributed by atoms with Gasteiger partial charge in [-0.2, -0.15) is 20.7 Å². The molecule has 0 radical (unpaired) electrons. The monoisotopic (exact) mass is 1050 g/mol. The molecular weight excluding hydrogens is 969 g/mol. The van der Waals surface area contributed by atoms with Crippen molar-refractivity contribution in [1.82, 2.24) is 58.4 Å². The molecule has 0 amide bonds. The van der Waals surface area contributed by atoms with Gasteiger partial charge in [-0.3, -0.25) is 19.2 Å². The average molecular weight is 1050 g/mol. The molecule has 400 valence electrons. The van der Waals surface area contributed by atoms with Gasteiger partial charge in [0.25, 0.3) is 0 Å². The van der Waals surface area contributed by atoms with Gasteiger partial charge in [-0.1, -0.05) is 72.4 Å². The van der Waals surface area contributed by atoms with E-state index < -0.39 is 16.1 Å². The number of aromatic nitrogens is 10. The topological polar surface area (TPSA) is 170 Å². The van der Waals surface area contributed by atoms with Gasteiger partial charge in [0, 0.05) is 114 Å². The third-order valence-electron chi connectivity index (χ3n) is 17.8. The first-order valence-corrected chi connectivity index (χ1v) is 35.2. The maximum atomic E-state index is 9.68. The van der Waals surface area contributed by atoms with E-state index in [1.165, 1.54) is 64.2 Å². The highest BCUT2D eigenvalue weighted by Crippen LogP contribution is 2.48. The van der Waals surface area contributed by atoms with Gasteiger partial charge in [0.15, 0.2) is 0 Å². The van der Waals surface area contributed by atoms with Crippen molar-refractivity contribution in [3.8, 4) is 34.7 Å². The number of ether oxygens (including phenoxy) is 2. The molecule has 4 aliphatic carbocycles. The first-order chi connectivity index (χ1) is 35.7. The Labute approximate surface area is 446 Å². The van der Waals surface area contributed by atoms with Crippen LogP contribution in [0, 0.1) is 46.3 Å². The Morgan fingerprint density at radius 2 is 0.960 bits per heavy atom. The Kier molecular flexibility index (Phi) is 15.5. The van der Waals surface area contributed by atoms with E-state index in [9.17, 15) is 10.5 Å². The normalized spacial score (nSPS) is 25.0. The zero-order valence-electron chi connectivity index (χ0n) is 44.9. The SMILES string of the molecule is C.C[Si](C)(C)CCOCn1ccc2c(-c3cnn(C4(CC#N)CN(C5CC6CCC(C6)C5)C4)c3)ncnc21.C[Si](C)(C)CCOCn1ccc2c(-c3cnn(C4(CC#N)CN(C5CC6CCC(C6)C5)C4)c3)ncnc21. The molecule has 8 heterocycles. The molecule has 4 saturated carbocycles. The fraction of sp³-hybridized carbons (Fsp3) is 0.649. The van der Waals surface area contributed by atoms with Crippen molar-refractivity contribution in [3.05, 3.63) is 62.0 Å². The van der Waals surface area contributed by atoms with Crippen molar-refractivity contribution >= 4 is 38.2 Å². The zero-order valence-corrected chi connectivity index (χ0v) is 46.9. The lowest BCUT2D eigenvalue weighted by Crippen LogP contribution is -2.65. The maximum absolute atomic E-state index is 9.68. The molecule has 0 aromatic carbocycles. The summed E-state index contributed by atoms with van der Waals surface area (Å²) in [5, 5.41) is 30.9. The molecule has 18 heteroatoms. The molecule has 12 rings (SSSR count). The lowest BCUT2D eigenvalue weighted by atomic mass is 9.79. The average Bonchev–Trinajstić information content (AvgIpc) is 4.24. The summed E-state index contributed by atoms with van der Waals surface area (Å²) < 4.78 is 20.1. The molecule has 2 saturated heterocycles. The van der Waals surface area contributed by atoms with Crippen LogP contribution in [-0.4, -0.2) is 126 Å². The highest BCUT2D eigenvalue weighted by molar-refractivity contribution is 6.76. The van der Waals surface area contributed by atoms with Crippen LogP contribution < -0.4 is 0 Å². The molecule has 0 spiro atoms. The van der Waals surface area contributed by atoms with Gasteiger partial charge in [-0.25, -0.2) is 19.9 Å². The third-order valence-corrected chi connectivity index (χ3v) is 21.2. The van der Waals surface area contributed by atoms with E-state index in [2.05, 4.69) is 106 Å². The summed E-state index contributed by atoms with van der Waals surface area (Å²) in [6.07, 6.45) is 30.1. The van der Waals surface area contributed by atoms with Crippen molar-refractivity contribution in [2.75, 3.05) is 39.4 Å². The second-order valence-corrected chi connectivity index (χ2v) is 37.0. The van der Waals surface area contributed by atoms with E-state index >= 15 is 0 Å². The van der Waals surface area contributed by atoms with Crippen LogP contribution in [0.5, 0.6) is 0 Å². The van der Waals surface area contributed by atoms with Gasteiger partial charge in [-0.15, -0.1) is 0 Å². The molecular formula is C57H82N14O2Si2. The molecule has 75 heavy (non-hydrogen) atoms. The van der Waals surface area contributed by atoms with Crippen LogP contribution in [0.25, 0.3) is 44.6 Å². The first kappa shape index (κ1) is 53.3. The van der Waals surface area contributed by atoms with Crippen molar-refractivity contribution in [2.24, 2.45) is 23.7 Å². The number of fused-ring (bicyclic) bond motifs is 6. The number of nitrogens with zero attached hydrogens (tertiary/aromatic N) is 14. The molecule has 4 bridgehead atoms. The van der Waals surface area contributed by atoms with Gasteiger partial charge >= 0.3 is 0 Å². The smallest absolute Gasteiger partial charge is 0.145 e. The van der Waals surface area contributed by atoms with Gasteiger partial charge < -0.3 is 18.6 Å². The molecule has 4 unspecified atom stereocenters.